The largest absolute Gasteiger partial charge is 1.00 e. The number of nitrogens with one attached hydrogen (secondary N) is 4. The van der Waals surface area contributed by atoms with Crippen LogP contribution in [0.4, 0.5) is 19.2 Å². The molecule has 0 fully saturated rings. The van der Waals surface area contributed by atoms with Crippen molar-refractivity contribution in [3.8, 4) is 22.3 Å². The average Bonchev–Trinajstić information content (AvgIpc) is 1.63. The van der Waals surface area contributed by atoms with Gasteiger partial charge in [0, 0.05) is 43.9 Å². The van der Waals surface area contributed by atoms with Crippen LogP contribution in [0.1, 0.15) is 145 Å². The van der Waals surface area contributed by atoms with Gasteiger partial charge in [-0.1, -0.05) is 146 Å². The maximum Gasteiger partial charge on any atom is 1.00 e. The number of carbonyl (C=O) groups excluding carboxylic acids is 5. The second-order valence-electron chi connectivity index (χ2n) is 26.1. The number of aliphatic hydroxyl groups excluding tert-OH is 1. The van der Waals surface area contributed by atoms with Gasteiger partial charge in [-0.05, 0) is 126 Å². The molecule has 30 nitrogen and oxygen atoms in total. The zero-order chi connectivity index (χ0) is 81.5. The van der Waals surface area contributed by atoms with Crippen molar-refractivity contribution in [3.05, 3.63) is 145 Å². The van der Waals surface area contributed by atoms with Crippen molar-refractivity contribution < 1.29 is 152 Å². The van der Waals surface area contributed by atoms with E-state index in [4.69, 9.17) is 73.9 Å². The summed E-state index contributed by atoms with van der Waals surface area (Å²) in [5.74, 6) is -5.93. The smallest absolute Gasteiger partial charge is 1.00 e. The molecule has 32 heteroatoms. The van der Waals surface area contributed by atoms with Gasteiger partial charge < -0.3 is 102 Å². The summed E-state index contributed by atoms with van der Waals surface area (Å²) in [5, 5.41) is 62.0. The maximum absolute atomic E-state index is 12.1. The van der Waals surface area contributed by atoms with Crippen LogP contribution < -0.4 is 56.6 Å². The summed E-state index contributed by atoms with van der Waals surface area (Å²) in [6, 6.07) is 27.1. The van der Waals surface area contributed by atoms with E-state index in [9.17, 15) is 53.1 Å². The van der Waals surface area contributed by atoms with Crippen molar-refractivity contribution in [1.29, 1.82) is 0 Å². The Bertz CT molecular complexity index is 3330. The number of hydrogen-bond acceptors (Lipinski definition) is 21. The first-order chi connectivity index (χ1) is 50.3. The molecule has 2 aliphatic rings. The molecule has 6 rings (SSSR count). The summed E-state index contributed by atoms with van der Waals surface area (Å²) in [6.07, 6.45) is 2.56. The van der Waals surface area contributed by atoms with Gasteiger partial charge in [-0.2, -0.15) is 0 Å². The number of alkyl carbamates (subject to hydrolysis) is 4. The van der Waals surface area contributed by atoms with Crippen molar-refractivity contribution >= 4 is 76.1 Å². The van der Waals surface area contributed by atoms with Gasteiger partial charge in [-0.25, -0.2) is 38.4 Å². The number of allylic oxidation sites excluding steroid dienone is 1. The Kier molecular flexibility index (Phi) is 51.7. The van der Waals surface area contributed by atoms with Crippen molar-refractivity contribution in [1.82, 2.24) is 21.3 Å². The molecule has 12 N–H and O–H groups in total. The third-order valence-electron chi connectivity index (χ3n) is 13.4. The SMILES string of the molecule is C=CCBr.C=CCOC[C@H](NC(=O)OC(C)(C)C)C(=O)O.CC(=O)OCC1c2ccccc2-c2ccccc21.CC(C)(C)OC(=O)N[C@@H](CO)C(=O)O.CCCOC[C@H](N)C(=O)O.CCCOC[C@H](NC(=O)OC(C)(C)C)C(=O)O.CCCOC[C@H](NC(=O)OCC1c2ccccc2-c2ccccc21)C(=O)O.[H-].[Na+]. The first kappa shape index (κ1) is 102. The van der Waals surface area contributed by atoms with Crippen LogP contribution in [0.15, 0.2) is 122 Å². The Morgan fingerprint density at radius 3 is 1.00 bits per heavy atom. The van der Waals surface area contributed by atoms with E-state index in [2.05, 4.69) is 81.4 Å². The number of carboxylic acids is 5. The average molecular weight is 1600 g/mol. The van der Waals surface area contributed by atoms with Crippen LogP contribution >= 0.6 is 15.9 Å². The van der Waals surface area contributed by atoms with Gasteiger partial charge in [0.25, 0.3) is 0 Å². The van der Waals surface area contributed by atoms with E-state index in [1.165, 1.54) is 35.3 Å². The van der Waals surface area contributed by atoms with Crippen LogP contribution in [0.5, 0.6) is 0 Å². The predicted octanol–water partition coefficient (Wildman–Crippen LogP) is 7.79. The van der Waals surface area contributed by atoms with E-state index < -0.39 is 108 Å². The zero-order valence-electron chi connectivity index (χ0n) is 65.3. The zero-order valence-corrected chi connectivity index (χ0v) is 67.9. The molecule has 5 atom stereocenters. The number of amides is 4. The molecule has 0 unspecified atom stereocenters. The minimum Gasteiger partial charge on any atom is -1.00 e. The number of carbonyl (C=O) groups is 10. The minimum atomic E-state index is -1.33. The number of aliphatic hydroxyl groups is 1. The molecule has 0 bridgehead atoms. The van der Waals surface area contributed by atoms with Crippen LogP contribution in [0.2, 0.25) is 0 Å². The Morgan fingerprint density at radius 2 is 0.741 bits per heavy atom. The molecule has 108 heavy (non-hydrogen) atoms. The third-order valence-corrected chi connectivity index (χ3v) is 13.8. The topological polar surface area (TPSA) is 449 Å². The van der Waals surface area contributed by atoms with Crippen LogP contribution in [-0.2, 0) is 71.4 Å². The monoisotopic (exact) mass is 1600 g/mol. The Hall–Kier alpha value is -8.50. The van der Waals surface area contributed by atoms with Crippen LogP contribution in [0.25, 0.3) is 22.3 Å². The minimum absolute atomic E-state index is 0. The van der Waals surface area contributed by atoms with Crippen molar-refractivity contribution in [2.24, 2.45) is 5.73 Å². The molecule has 0 radical (unpaired) electrons. The van der Waals surface area contributed by atoms with Gasteiger partial charge in [-0.3, -0.25) is 9.59 Å². The molecule has 0 aliphatic heterocycles. The second-order valence-corrected chi connectivity index (χ2v) is 26.8. The van der Waals surface area contributed by atoms with Gasteiger partial charge in [0.1, 0.15) is 36.1 Å². The first-order valence-corrected chi connectivity index (χ1v) is 35.4. The predicted molar refractivity (Wildman–Crippen MR) is 405 cm³/mol. The standard InChI is InChI=1S/C21H23NO5.C16H14O2.C11H21NO5.C11H19NO5.C8H15NO5.C6H13NO3.C3H5Br.Na.H/c1-2-11-26-13-19(20(23)24)22-21(25)27-12-18-16-9-5-3-7-14(16)15-8-4-6-10-17(15)18;1-11(17)18-10-16-14-8-4-2-6-12(14)13-7-3-5-9-15(13)16;2*1-5-6-16-7-8(9(13)14)12-10(15)17-11(2,3)4;1-8(2,3)14-7(13)9-5(4-10)6(11)12;1-2-3-10-4-5(7)6(8)9;1-2-3-4;;/h3-10,18-19H,2,11-13H2,1H3,(H,22,25)(H,23,24);2-9,16H,10H2,1H3;8H,5-7H2,1-4H3,(H,12,15)(H,13,14);5,8H,1,6-7H2,2-4H3,(H,12,15)(H,13,14);5,10H,4H2,1-3H3,(H,9,13)(H,11,12);5H,2-4,7H2,1H3,(H,8,9);2H,1,3H2;;/q;;;;;;;+1;-1/t19-;;2*8-;2*5-;;;/m0.0000.../s1. The number of esters is 1. The van der Waals surface area contributed by atoms with E-state index in [0.29, 0.717) is 26.4 Å². The molecule has 0 saturated heterocycles. The van der Waals surface area contributed by atoms with E-state index >= 15 is 0 Å². The van der Waals surface area contributed by atoms with Gasteiger partial charge >= 0.3 is 89.7 Å². The fourth-order valence-corrected chi connectivity index (χ4v) is 8.87. The van der Waals surface area contributed by atoms with Crippen molar-refractivity contribution in [2.45, 2.75) is 168 Å². The maximum atomic E-state index is 12.1. The first-order valence-electron chi connectivity index (χ1n) is 34.3. The number of fused-ring (bicyclic) bond motifs is 6. The second kappa shape index (κ2) is 55.0. The van der Waals surface area contributed by atoms with E-state index in [1.54, 1.807) is 68.4 Å². The van der Waals surface area contributed by atoms with Gasteiger partial charge in [0.05, 0.1) is 39.6 Å². The molecular weight excluding hydrogens is 1490 g/mol. The number of nitrogens with two attached hydrogens (primary N) is 1. The summed E-state index contributed by atoms with van der Waals surface area (Å²) in [4.78, 5) is 110. The molecule has 2 aliphatic carbocycles. The van der Waals surface area contributed by atoms with E-state index in [-0.39, 0.29) is 88.4 Å². The molecule has 0 aromatic heterocycles. The number of hydrogen-bond donors (Lipinski definition) is 11. The quantitative estimate of drug-likeness (QED) is 0.00571. The Labute approximate surface area is 664 Å². The molecule has 0 spiro atoms. The molecule has 598 valence electrons. The number of rotatable bonds is 31. The third kappa shape index (κ3) is 44.1. The van der Waals surface area contributed by atoms with Gasteiger partial charge in [-0.15, -0.1) is 13.2 Å². The van der Waals surface area contributed by atoms with Gasteiger partial charge in [0.15, 0.2) is 24.2 Å². The van der Waals surface area contributed by atoms with Crippen molar-refractivity contribution in [3.63, 3.8) is 0 Å². The molecule has 4 aromatic rings. The van der Waals surface area contributed by atoms with E-state index in [0.717, 1.165) is 46.8 Å². The number of benzene rings is 4. The molecular formula is C76H111BrN5NaO25. The summed E-state index contributed by atoms with van der Waals surface area (Å²) in [7, 11) is 0. The molecule has 0 heterocycles. The number of carboxylic acid groups (broad SMARTS) is 5. The summed E-state index contributed by atoms with van der Waals surface area (Å²) in [5.41, 5.74) is 12.6. The molecule has 0 saturated carbocycles. The fourth-order valence-electron chi connectivity index (χ4n) is 8.87. The van der Waals surface area contributed by atoms with E-state index in [1.807, 2.05) is 86.8 Å². The Balaban J connectivity index is -0.00000125. The summed E-state index contributed by atoms with van der Waals surface area (Å²) >= 11 is 3.13. The summed E-state index contributed by atoms with van der Waals surface area (Å²) in [6.45, 7) is 30.6. The van der Waals surface area contributed by atoms with Crippen LogP contribution in [0, 0.1) is 0 Å². The molecule has 4 aromatic carbocycles. The molecule has 4 amide bonds. The number of halogens is 1. The number of ether oxygens (including phenoxy) is 9. The number of alkyl halides is 1. The van der Waals surface area contributed by atoms with Crippen molar-refractivity contribution in [2.75, 3.05) is 78.0 Å². The van der Waals surface area contributed by atoms with Gasteiger partial charge in [0.2, 0.25) is 0 Å². The normalized spacial score (nSPS) is 12.7. The summed E-state index contributed by atoms with van der Waals surface area (Å²) < 4.78 is 45.4. The Morgan fingerprint density at radius 1 is 0.463 bits per heavy atom. The van der Waals surface area contributed by atoms with Crippen LogP contribution in [0.3, 0.4) is 0 Å². The van der Waals surface area contributed by atoms with Crippen LogP contribution in [-0.4, -0.2) is 216 Å². The number of aliphatic carboxylic acids is 5. The fraction of sp³-hybridized carbons (Fsp3) is 0.500.